The van der Waals surface area contributed by atoms with Crippen molar-refractivity contribution in [2.75, 3.05) is 0 Å². The van der Waals surface area contributed by atoms with E-state index in [4.69, 9.17) is 4.42 Å². The van der Waals surface area contributed by atoms with Gasteiger partial charge in [0.1, 0.15) is 0 Å². The smallest absolute Gasteiger partial charge is 0.185 e. The van der Waals surface area contributed by atoms with Crippen LogP contribution in [0, 0.1) is 0 Å². The molecule has 0 spiro atoms. The minimum atomic E-state index is 0.311. The van der Waals surface area contributed by atoms with E-state index in [9.17, 15) is 4.79 Å². The molecule has 0 unspecified atom stereocenters. The molecule has 0 aliphatic rings. The van der Waals surface area contributed by atoms with Gasteiger partial charge in [-0.15, -0.1) is 11.3 Å². The van der Waals surface area contributed by atoms with Gasteiger partial charge in [-0.2, -0.15) is 0 Å². The molecule has 0 aliphatic carbocycles. The van der Waals surface area contributed by atoms with Gasteiger partial charge in [-0.1, -0.05) is 0 Å². The Morgan fingerprint density at radius 3 is 2.95 bits per heavy atom. The summed E-state index contributed by atoms with van der Waals surface area (Å²) in [5.41, 5.74) is 1.84. The van der Waals surface area contributed by atoms with Gasteiger partial charge < -0.3 is 4.42 Å². The fraction of sp³-hybridized carbons (Fsp3) is 0. The Balaban J connectivity index is 1.98. The molecule has 96 valence electrons. The Hall–Kier alpha value is -2.53. The first-order chi connectivity index (χ1) is 9.85. The number of benzene rings is 1. The molecule has 0 saturated carbocycles. The van der Waals surface area contributed by atoms with Crippen molar-refractivity contribution in [3.63, 3.8) is 0 Å². The van der Waals surface area contributed by atoms with Gasteiger partial charge in [-0.25, -0.2) is 4.98 Å². The average molecular weight is 280 g/mol. The number of rotatable bonds is 2. The molecule has 0 radical (unpaired) electrons. The summed E-state index contributed by atoms with van der Waals surface area (Å²) >= 11 is 1.54. The lowest BCUT2D eigenvalue weighted by molar-refractivity contribution is 0.110. The van der Waals surface area contributed by atoms with Crippen LogP contribution in [0.3, 0.4) is 0 Å². The number of hydrogen-bond donors (Lipinski definition) is 0. The van der Waals surface area contributed by atoms with Crippen molar-refractivity contribution in [1.82, 2.24) is 9.97 Å². The average Bonchev–Trinajstić information content (AvgIpc) is 3.13. The highest BCUT2D eigenvalue weighted by Gasteiger charge is 2.12. The molecular formula is C15H8N2O2S. The van der Waals surface area contributed by atoms with Crippen molar-refractivity contribution in [3.8, 4) is 10.8 Å². The fourth-order valence-corrected chi connectivity index (χ4v) is 3.12. The van der Waals surface area contributed by atoms with Gasteiger partial charge in [0, 0.05) is 11.6 Å². The van der Waals surface area contributed by atoms with E-state index in [1.165, 1.54) is 0 Å². The van der Waals surface area contributed by atoms with Crippen molar-refractivity contribution >= 4 is 38.7 Å². The molecule has 4 rings (SSSR count). The second kappa shape index (κ2) is 4.25. The van der Waals surface area contributed by atoms with E-state index >= 15 is 0 Å². The van der Waals surface area contributed by atoms with Crippen LogP contribution in [-0.4, -0.2) is 16.3 Å². The summed E-state index contributed by atoms with van der Waals surface area (Å²) in [6.07, 6.45) is 2.46. The molecular weight excluding hydrogens is 272 g/mol. The highest BCUT2D eigenvalue weighted by Crippen LogP contribution is 2.34. The number of carbonyl (C=O) groups is 1. The maximum atomic E-state index is 10.7. The molecule has 0 atom stereocenters. The van der Waals surface area contributed by atoms with E-state index in [1.54, 1.807) is 29.7 Å². The standard InChI is InChI=1S/C15H8N2O2S/c18-8-9-3-5-12(19-9)15-17-14-10-2-1-7-16-11(10)4-6-13(14)20-15/h1-8H. The first-order valence-electron chi connectivity index (χ1n) is 6.05. The van der Waals surface area contributed by atoms with Crippen LogP contribution in [0.15, 0.2) is 47.0 Å². The van der Waals surface area contributed by atoms with E-state index in [2.05, 4.69) is 9.97 Å². The van der Waals surface area contributed by atoms with E-state index in [0.717, 1.165) is 26.1 Å². The summed E-state index contributed by atoms with van der Waals surface area (Å²) in [7, 11) is 0. The van der Waals surface area contributed by atoms with Crippen LogP contribution in [0.2, 0.25) is 0 Å². The molecule has 1 aromatic carbocycles. The van der Waals surface area contributed by atoms with Crippen molar-refractivity contribution in [2.24, 2.45) is 0 Å². The fourth-order valence-electron chi connectivity index (χ4n) is 2.18. The van der Waals surface area contributed by atoms with Crippen molar-refractivity contribution in [1.29, 1.82) is 0 Å². The topological polar surface area (TPSA) is 56.0 Å². The zero-order valence-corrected chi connectivity index (χ0v) is 11.1. The second-order valence-electron chi connectivity index (χ2n) is 4.32. The molecule has 0 amide bonds. The monoisotopic (exact) mass is 280 g/mol. The summed E-state index contributed by atoms with van der Waals surface area (Å²) in [6.45, 7) is 0. The van der Waals surface area contributed by atoms with Crippen LogP contribution >= 0.6 is 11.3 Å². The Morgan fingerprint density at radius 2 is 2.10 bits per heavy atom. The molecule has 20 heavy (non-hydrogen) atoms. The van der Waals surface area contributed by atoms with Crippen LogP contribution in [0.5, 0.6) is 0 Å². The van der Waals surface area contributed by atoms with Gasteiger partial charge in [0.25, 0.3) is 0 Å². The molecule has 3 heterocycles. The number of furan rings is 1. The highest BCUT2D eigenvalue weighted by molar-refractivity contribution is 7.21. The summed E-state index contributed by atoms with van der Waals surface area (Å²) in [6, 6.07) is 11.3. The third-order valence-electron chi connectivity index (χ3n) is 3.09. The van der Waals surface area contributed by atoms with Crippen LogP contribution in [0.1, 0.15) is 10.6 Å². The molecule has 0 N–H and O–H groups in total. The second-order valence-corrected chi connectivity index (χ2v) is 5.35. The van der Waals surface area contributed by atoms with Crippen molar-refractivity contribution in [2.45, 2.75) is 0 Å². The minimum absolute atomic E-state index is 0.311. The number of thiazole rings is 1. The number of fused-ring (bicyclic) bond motifs is 3. The van der Waals surface area contributed by atoms with Crippen LogP contribution < -0.4 is 0 Å². The summed E-state index contributed by atoms with van der Waals surface area (Å²) in [5.74, 6) is 0.927. The van der Waals surface area contributed by atoms with Gasteiger partial charge in [0.05, 0.1) is 15.7 Å². The van der Waals surface area contributed by atoms with E-state index in [1.807, 2.05) is 24.3 Å². The summed E-state index contributed by atoms with van der Waals surface area (Å²) in [4.78, 5) is 19.6. The van der Waals surface area contributed by atoms with Crippen molar-refractivity contribution in [3.05, 3.63) is 48.4 Å². The molecule has 3 aromatic heterocycles. The number of aromatic nitrogens is 2. The maximum absolute atomic E-state index is 10.7. The van der Waals surface area contributed by atoms with Crippen LogP contribution in [0.4, 0.5) is 0 Å². The Kier molecular flexibility index (Phi) is 2.40. The molecule has 4 aromatic rings. The molecule has 0 bridgehead atoms. The number of carbonyl (C=O) groups excluding carboxylic acids is 1. The SMILES string of the molecule is O=Cc1ccc(-c2nc3c(ccc4ncccc43)s2)o1. The Morgan fingerprint density at radius 1 is 1.15 bits per heavy atom. The van der Waals surface area contributed by atoms with Gasteiger partial charge >= 0.3 is 0 Å². The van der Waals surface area contributed by atoms with Crippen LogP contribution in [-0.2, 0) is 0 Å². The van der Waals surface area contributed by atoms with E-state index < -0.39 is 0 Å². The first kappa shape index (κ1) is 11.3. The van der Waals surface area contributed by atoms with Gasteiger partial charge in [0.15, 0.2) is 22.8 Å². The minimum Gasteiger partial charge on any atom is -0.451 e. The van der Waals surface area contributed by atoms with Crippen molar-refractivity contribution < 1.29 is 9.21 Å². The maximum Gasteiger partial charge on any atom is 0.185 e. The molecule has 0 saturated heterocycles. The third-order valence-corrected chi connectivity index (χ3v) is 4.13. The van der Waals surface area contributed by atoms with E-state index in [-0.39, 0.29) is 0 Å². The zero-order valence-electron chi connectivity index (χ0n) is 10.2. The van der Waals surface area contributed by atoms with Crippen LogP contribution in [0.25, 0.3) is 31.9 Å². The predicted molar refractivity (Wildman–Crippen MR) is 78.0 cm³/mol. The number of pyridine rings is 1. The Labute approximate surface area is 117 Å². The number of aldehydes is 1. The first-order valence-corrected chi connectivity index (χ1v) is 6.86. The van der Waals surface area contributed by atoms with Gasteiger partial charge in [-0.05, 0) is 36.4 Å². The Bertz CT molecular complexity index is 939. The number of hydrogen-bond acceptors (Lipinski definition) is 5. The predicted octanol–water partition coefficient (Wildman–Crippen LogP) is 3.92. The van der Waals surface area contributed by atoms with E-state index in [0.29, 0.717) is 17.8 Å². The molecule has 5 heteroatoms. The largest absolute Gasteiger partial charge is 0.451 e. The lowest BCUT2D eigenvalue weighted by atomic mass is 10.2. The normalized spacial score (nSPS) is 11.2. The molecule has 0 fully saturated rings. The highest BCUT2D eigenvalue weighted by atomic mass is 32.1. The zero-order chi connectivity index (χ0) is 13.5. The lowest BCUT2D eigenvalue weighted by Crippen LogP contribution is -1.78. The lowest BCUT2D eigenvalue weighted by Gasteiger charge is -1.95. The molecule has 4 nitrogen and oxygen atoms in total. The third kappa shape index (κ3) is 1.64. The number of nitrogens with zero attached hydrogens (tertiary/aromatic N) is 2. The van der Waals surface area contributed by atoms with Gasteiger partial charge in [0.2, 0.25) is 0 Å². The van der Waals surface area contributed by atoms with Gasteiger partial charge in [-0.3, -0.25) is 9.78 Å². The molecule has 0 aliphatic heterocycles. The quantitative estimate of drug-likeness (QED) is 0.522. The summed E-state index contributed by atoms with van der Waals surface area (Å²) in [5, 5.41) is 1.79. The summed E-state index contributed by atoms with van der Waals surface area (Å²) < 4.78 is 6.50.